The molecule has 0 aliphatic rings. The van der Waals surface area contributed by atoms with Crippen LogP contribution in [-0.4, -0.2) is 8.42 Å². The lowest BCUT2D eigenvalue weighted by Crippen LogP contribution is -2.12. The van der Waals surface area contributed by atoms with Gasteiger partial charge in [-0.15, -0.1) is 0 Å². The van der Waals surface area contributed by atoms with Gasteiger partial charge in [-0.3, -0.25) is 4.72 Å². The Bertz CT molecular complexity index is 957. The Balaban J connectivity index is 1.71. The molecule has 0 bridgehead atoms. The number of rotatable bonds is 5. The molecule has 128 valence electrons. The largest absolute Gasteiger partial charge is 0.356 e. The van der Waals surface area contributed by atoms with Crippen molar-refractivity contribution in [3.63, 3.8) is 0 Å². The van der Waals surface area contributed by atoms with Crippen molar-refractivity contribution in [1.82, 2.24) is 0 Å². The second-order valence-corrected chi connectivity index (χ2v) is 7.39. The Morgan fingerprint density at radius 3 is 1.76 bits per heavy atom. The van der Waals surface area contributed by atoms with E-state index in [2.05, 4.69) is 10.0 Å². The summed E-state index contributed by atoms with van der Waals surface area (Å²) in [6.07, 6.45) is 0. The summed E-state index contributed by atoms with van der Waals surface area (Å²) in [6, 6.07) is 18.6. The van der Waals surface area contributed by atoms with Crippen LogP contribution in [0.2, 0.25) is 5.02 Å². The zero-order valence-corrected chi connectivity index (χ0v) is 14.5. The molecule has 0 atom stereocenters. The van der Waals surface area contributed by atoms with Crippen molar-refractivity contribution in [2.24, 2.45) is 0 Å². The lowest BCUT2D eigenvalue weighted by Gasteiger charge is -2.10. The molecule has 0 unspecified atom stereocenters. The molecule has 0 aromatic heterocycles. The predicted octanol–water partition coefficient (Wildman–Crippen LogP) is 5.02. The van der Waals surface area contributed by atoms with Gasteiger partial charge in [0.1, 0.15) is 5.82 Å². The Hall–Kier alpha value is -2.57. The molecule has 0 aliphatic heterocycles. The van der Waals surface area contributed by atoms with Gasteiger partial charge in [-0.25, -0.2) is 12.8 Å². The summed E-state index contributed by atoms with van der Waals surface area (Å²) in [6.45, 7) is 0. The fraction of sp³-hybridized carbons (Fsp3) is 0. The third kappa shape index (κ3) is 4.49. The van der Waals surface area contributed by atoms with Crippen LogP contribution in [0.15, 0.2) is 77.7 Å². The molecule has 25 heavy (non-hydrogen) atoms. The highest BCUT2D eigenvalue weighted by molar-refractivity contribution is 7.92. The maximum atomic E-state index is 12.9. The number of anilines is 3. The van der Waals surface area contributed by atoms with Gasteiger partial charge in [-0.05, 0) is 72.8 Å². The summed E-state index contributed by atoms with van der Waals surface area (Å²) in [5, 5.41) is 3.83. The van der Waals surface area contributed by atoms with Crippen LogP contribution in [0.1, 0.15) is 0 Å². The first-order valence-electron chi connectivity index (χ1n) is 7.33. The average molecular weight is 377 g/mol. The Kier molecular flexibility index (Phi) is 4.92. The molecule has 0 heterocycles. The Labute approximate surface area is 150 Å². The molecule has 7 heteroatoms. The molecule has 4 nitrogen and oxygen atoms in total. The fourth-order valence-corrected chi connectivity index (χ4v) is 3.33. The first-order valence-corrected chi connectivity index (χ1v) is 9.19. The average Bonchev–Trinajstić information content (AvgIpc) is 2.59. The first kappa shape index (κ1) is 17.3. The molecule has 0 radical (unpaired) electrons. The van der Waals surface area contributed by atoms with Crippen LogP contribution in [0.4, 0.5) is 21.5 Å². The van der Waals surface area contributed by atoms with Crippen molar-refractivity contribution < 1.29 is 12.8 Å². The zero-order chi connectivity index (χ0) is 17.9. The second-order valence-electron chi connectivity index (χ2n) is 5.27. The minimum Gasteiger partial charge on any atom is -0.356 e. The molecular formula is C18H14ClFN2O2S. The van der Waals surface area contributed by atoms with E-state index in [-0.39, 0.29) is 4.90 Å². The highest BCUT2D eigenvalue weighted by Gasteiger charge is 2.14. The van der Waals surface area contributed by atoms with Crippen LogP contribution in [0.25, 0.3) is 0 Å². The van der Waals surface area contributed by atoms with E-state index < -0.39 is 15.8 Å². The smallest absolute Gasteiger partial charge is 0.261 e. The van der Waals surface area contributed by atoms with E-state index in [1.54, 1.807) is 36.4 Å². The van der Waals surface area contributed by atoms with Crippen LogP contribution in [-0.2, 0) is 10.0 Å². The summed E-state index contributed by atoms with van der Waals surface area (Å²) in [4.78, 5) is -0.00253. The van der Waals surface area contributed by atoms with Crippen molar-refractivity contribution in [3.8, 4) is 0 Å². The molecule has 3 rings (SSSR count). The van der Waals surface area contributed by atoms with Crippen LogP contribution in [0.3, 0.4) is 0 Å². The molecule has 2 N–H and O–H groups in total. The van der Waals surface area contributed by atoms with Crippen molar-refractivity contribution in [2.45, 2.75) is 4.90 Å². The molecule has 0 aliphatic carbocycles. The first-order chi connectivity index (χ1) is 11.9. The maximum Gasteiger partial charge on any atom is 0.261 e. The van der Waals surface area contributed by atoms with Crippen LogP contribution in [0, 0.1) is 5.82 Å². The summed E-state index contributed by atoms with van der Waals surface area (Å²) >= 11 is 5.84. The van der Waals surface area contributed by atoms with Gasteiger partial charge in [0, 0.05) is 22.1 Å². The third-order valence-electron chi connectivity index (χ3n) is 3.39. The minimum absolute atomic E-state index is 0.00253. The van der Waals surface area contributed by atoms with Gasteiger partial charge < -0.3 is 5.32 Å². The normalized spacial score (nSPS) is 11.1. The number of benzene rings is 3. The molecule has 0 saturated carbocycles. The van der Waals surface area contributed by atoms with E-state index in [4.69, 9.17) is 11.6 Å². The Morgan fingerprint density at radius 1 is 0.720 bits per heavy atom. The molecule has 0 spiro atoms. The Morgan fingerprint density at radius 2 is 1.20 bits per heavy atom. The van der Waals surface area contributed by atoms with Gasteiger partial charge in [-0.2, -0.15) is 0 Å². The lowest BCUT2D eigenvalue weighted by molar-refractivity contribution is 0.599. The van der Waals surface area contributed by atoms with Gasteiger partial charge in [0.2, 0.25) is 0 Å². The van der Waals surface area contributed by atoms with E-state index in [1.807, 2.05) is 12.1 Å². The molecule has 0 fully saturated rings. The number of hydrogen-bond acceptors (Lipinski definition) is 3. The van der Waals surface area contributed by atoms with Gasteiger partial charge in [0.05, 0.1) is 4.90 Å². The topological polar surface area (TPSA) is 58.2 Å². The predicted molar refractivity (Wildman–Crippen MR) is 98.4 cm³/mol. The van der Waals surface area contributed by atoms with Gasteiger partial charge in [0.15, 0.2) is 0 Å². The molecule has 3 aromatic rings. The minimum atomic E-state index is -3.76. The molecule has 0 saturated heterocycles. The summed E-state index contributed by atoms with van der Waals surface area (Å²) < 4.78 is 39.9. The van der Waals surface area contributed by atoms with Crippen molar-refractivity contribution >= 4 is 38.7 Å². The van der Waals surface area contributed by atoms with E-state index in [0.29, 0.717) is 10.7 Å². The van der Waals surface area contributed by atoms with Crippen LogP contribution < -0.4 is 10.0 Å². The fourth-order valence-electron chi connectivity index (χ4n) is 2.15. The van der Waals surface area contributed by atoms with Crippen molar-refractivity contribution in [2.75, 3.05) is 10.0 Å². The lowest BCUT2D eigenvalue weighted by atomic mass is 10.2. The van der Waals surface area contributed by atoms with E-state index in [9.17, 15) is 12.8 Å². The van der Waals surface area contributed by atoms with Crippen LogP contribution in [0.5, 0.6) is 0 Å². The van der Waals surface area contributed by atoms with E-state index >= 15 is 0 Å². The number of halogens is 2. The zero-order valence-electron chi connectivity index (χ0n) is 12.9. The highest BCUT2D eigenvalue weighted by Crippen LogP contribution is 2.22. The quantitative estimate of drug-likeness (QED) is 0.657. The number of nitrogens with one attached hydrogen (secondary N) is 2. The van der Waals surface area contributed by atoms with Gasteiger partial charge in [0.25, 0.3) is 10.0 Å². The van der Waals surface area contributed by atoms with Crippen LogP contribution >= 0.6 is 11.6 Å². The molecule has 3 aromatic carbocycles. The highest BCUT2D eigenvalue weighted by atomic mass is 35.5. The van der Waals surface area contributed by atoms with Crippen molar-refractivity contribution in [3.05, 3.63) is 83.6 Å². The second kappa shape index (κ2) is 7.13. The SMILES string of the molecule is O=S(=O)(Nc1ccc(Nc2ccc(Cl)cc2)cc1)c1ccc(F)cc1. The monoisotopic (exact) mass is 376 g/mol. The van der Waals surface area contributed by atoms with Gasteiger partial charge >= 0.3 is 0 Å². The summed E-state index contributed by atoms with van der Waals surface area (Å²) in [5.74, 6) is -0.489. The van der Waals surface area contributed by atoms with Crippen molar-refractivity contribution in [1.29, 1.82) is 0 Å². The van der Waals surface area contributed by atoms with Gasteiger partial charge in [-0.1, -0.05) is 11.6 Å². The number of hydrogen-bond donors (Lipinski definition) is 2. The van der Waals surface area contributed by atoms with E-state index in [1.165, 1.54) is 12.1 Å². The third-order valence-corrected chi connectivity index (χ3v) is 5.04. The molecular weight excluding hydrogens is 363 g/mol. The van der Waals surface area contributed by atoms with E-state index in [0.717, 1.165) is 23.5 Å². The maximum absolute atomic E-state index is 12.9. The summed E-state index contributed by atoms with van der Waals surface area (Å²) in [7, 11) is -3.76. The summed E-state index contributed by atoms with van der Waals surface area (Å²) in [5.41, 5.74) is 2.07. The number of sulfonamides is 1. The molecule has 0 amide bonds. The standard InChI is InChI=1S/C18H14ClFN2O2S/c19-13-1-5-15(6-2-13)21-16-7-9-17(10-8-16)22-25(23,24)18-11-3-14(20)4-12-18/h1-12,21-22H.